The lowest BCUT2D eigenvalue weighted by atomic mass is 9.95. The zero-order valence-corrected chi connectivity index (χ0v) is 11.8. The number of carbonyl (C=O) groups excluding carboxylic acids is 1. The Hall–Kier alpha value is -1.90. The molecular formula is C13H17F3N4O2. The Kier molecular flexibility index (Phi) is 5.17. The van der Waals surface area contributed by atoms with Crippen molar-refractivity contribution in [2.45, 2.75) is 44.3 Å². The molecule has 1 aromatic heterocycles. The molecule has 0 spiro atoms. The summed E-state index contributed by atoms with van der Waals surface area (Å²) in [6.07, 6.45) is 1.97. The maximum Gasteiger partial charge on any atom is 0.414 e. The highest BCUT2D eigenvalue weighted by Gasteiger charge is 2.33. The molecule has 0 radical (unpaired) electrons. The van der Waals surface area contributed by atoms with Crippen LogP contribution < -0.4 is 10.8 Å². The van der Waals surface area contributed by atoms with Gasteiger partial charge >= 0.3 is 6.18 Å². The number of nitrogens with zero attached hydrogens (tertiary/aromatic N) is 3. The summed E-state index contributed by atoms with van der Waals surface area (Å²) >= 11 is 0. The van der Waals surface area contributed by atoms with Gasteiger partial charge in [0.2, 0.25) is 0 Å². The van der Waals surface area contributed by atoms with Crippen LogP contribution in [0.25, 0.3) is 0 Å². The summed E-state index contributed by atoms with van der Waals surface area (Å²) in [6, 6.07) is -0.274. The van der Waals surface area contributed by atoms with Gasteiger partial charge in [-0.3, -0.25) is 9.63 Å². The van der Waals surface area contributed by atoms with E-state index >= 15 is 0 Å². The molecule has 0 atom stereocenters. The van der Waals surface area contributed by atoms with E-state index in [1.54, 1.807) is 0 Å². The Labute approximate surface area is 125 Å². The third-order valence-electron chi connectivity index (χ3n) is 3.44. The summed E-state index contributed by atoms with van der Waals surface area (Å²) in [4.78, 5) is 24.0. The minimum atomic E-state index is -4.48. The van der Waals surface area contributed by atoms with E-state index in [0.29, 0.717) is 12.8 Å². The van der Waals surface area contributed by atoms with Crippen molar-refractivity contribution in [1.29, 1.82) is 0 Å². The summed E-state index contributed by atoms with van der Waals surface area (Å²) in [5, 5.41) is 1.08. The van der Waals surface area contributed by atoms with E-state index < -0.39 is 18.7 Å². The van der Waals surface area contributed by atoms with Gasteiger partial charge in [0.1, 0.15) is 11.9 Å². The molecule has 0 saturated heterocycles. The number of nitrogens with two attached hydrogens (primary N) is 1. The highest BCUT2D eigenvalue weighted by molar-refractivity contribution is 5.97. The van der Waals surface area contributed by atoms with Crippen LogP contribution in [0.1, 0.15) is 42.5 Å². The molecule has 2 rings (SSSR count). The van der Waals surface area contributed by atoms with Gasteiger partial charge in [-0.25, -0.2) is 15.0 Å². The van der Waals surface area contributed by atoms with Gasteiger partial charge in [-0.15, -0.1) is 0 Å². The molecule has 9 heteroatoms. The molecule has 1 saturated carbocycles. The SMILES string of the molecule is NC(=O)c1cncnc1N(OCC(F)(F)F)C1CCCCC1. The fraction of sp³-hybridized carbons (Fsp3) is 0.615. The molecule has 22 heavy (non-hydrogen) atoms. The fourth-order valence-electron chi connectivity index (χ4n) is 2.47. The lowest BCUT2D eigenvalue weighted by molar-refractivity contribution is -0.180. The molecule has 0 unspecified atom stereocenters. The second-order valence-electron chi connectivity index (χ2n) is 5.13. The van der Waals surface area contributed by atoms with Crippen molar-refractivity contribution in [3.63, 3.8) is 0 Å². The second-order valence-corrected chi connectivity index (χ2v) is 5.13. The van der Waals surface area contributed by atoms with Gasteiger partial charge in [-0.05, 0) is 12.8 Å². The van der Waals surface area contributed by atoms with Crippen LogP contribution in [0.2, 0.25) is 0 Å². The Bertz CT molecular complexity index is 518. The number of hydrogen-bond donors (Lipinski definition) is 1. The normalized spacial score (nSPS) is 16.5. The average Bonchev–Trinajstić information content (AvgIpc) is 2.48. The van der Waals surface area contributed by atoms with Crippen LogP contribution in [-0.4, -0.2) is 34.7 Å². The van der Waals surface area contributed by atoms with Crippen LogP contribution in [-0.2, 0) is 4.84 Å². The van der Waals surface area contributed by atoms with Crippen molar-refractivity contribution in [3.8, 4) is 0 Å². The van der Waals surface area contributed by atoms with Crippen LogP contribution in [0.15, 0.2) is 12.5 Å². The predicted molar refractivity (Wildman–Crippen MR) is 71.9 cm³/mol. The molecule has 2 N–H and O–H groups in total. The monoisotopic (exact) mass is 318 g/mol. The standard InChI is InChI=1S/C13H17F3N4O2/c14-13(15,16)7-22-20(9-4-2-1-3-5-9)12-10(11(17)21)6-18-8-19-12/h6,8-9H,1-5,7H2,(H2,17,21). The first kappa shape index (κ1) is 16.5. The van der Waals surface area contributed by atoms with Gasteiger partial charge in [0.05, 0.1) is 6.04 Å². The van der Waals surface area contributed by atoms with Crippen LogP contribution in [0.4, 0.5) is 19.0 Å². The third-order valence-corrected chi connectivity index (χ3v) is 3.44. The number of alkyl halides is 3. The highest BCUT2D eigenvalue weighted by Crippen LogP contribution is 2.29. The first-order chi connectivity index (χ1) is 10.4. The summed E-state index contributed by atoms with van der Waals surface area (Å²) in [6.45, 7) is -1.45. The smallest absolute Gasteiger partial charge is 0.365 e. The molecule has 1 heterocycles. The van der Waals surface area contributed by atoms with E-state index in [4.69, 9.17) is 10.6 Å². The van der Waals surface area contributed by atoms with Crippen LogP contribution in [0.5, 0.6) is 0 Å². The molecule has 0 bridgehead atoms. The number of primary amides is 1. The van der Waals surface area contributed by atoms with Crippen molar-refractivity contribution < 1.29 is 22.8 Å². The molecule has 0 aliphatic heterocycles. The predicted octanol–water partition coefficient (Wildman–Crippen LogP) is 2.21. The number of aromatic nitrogens is 2. The molecule has 1 fully saturated rings. The van der Waals surface area contributed by atoms with Crippen molar-refractivity contribution in [1.82, 2.24) is 9.97 Å². The van der Waals surface area contributed by atoms with Gasteiger partial charge in [0, 0.05) is 6.20 Å². The zero-order chi connectivity index (χ0) is 16.2. The third kappa shape index (κ3) is 4.30. The summed E-state index contributed by atoms with van der Waals surface area (Å²) in [7, 11) is 0. The topological polar surface area (TPSA) is 81.3 Å². The average molecular weight is 318 g/mol. The quantitative estimate of drug-likeness (QED) is 0.842. The van der Waals surface area contributed by atoms with Gasteiger partial charge in [0.15, 0.2) is 12.4 Å². The minimum absolute atomic E-state index is 0.0151. The number of rotatable bonds is 5. The fourth-order valence-corrected chi connectivity index (χ4v) is 2.47. The van der Waals surface area contributed by atoms with Gasteiger partial charge < -0.3 is 5.73 Å². The molecule has 122 valence electrons. The molecule has 1 amide bonds. The second kappa shape index (κ2) is 6.91. The van der Waals surface area contributed by atoms with Crippen molar-refractivity contribution in [2.75, 3.05) is 11.7 Å². The maximum atomic E-state index is 12.5. The number of hydroxylamine groups is 1. The van der Waals surface area contributed by atoms with Gasteiger partial charge in [0.25, 0.3) is 5.91 Å². The van der Waals surface area contributed by atoms with Crippen molar-refractivity contribution in [2.24, 2.45) is 5.73 Å². The molecule has 1 aromatic rings. The van der Waals surface area contributed by atoms with E-state index in [0.717, 1.165) is 30.7 Å². The van der Waals surface area contributed by atoms with E-state index in [-0.39, 0.29) is 17.4 Å². The number of anilines is 1. The largest absolute Gasteiger partial charge is 0.414 e. The van der Waals surface area contributed by atoms with Crippen molar-refractivity contribution in [3.05, 3.63) is 18.1 Å². The Morgan fingerprint density at radius 3 is 2.64 bits per heavy atom. The summed E-state index contributed by atoms with van der Waals surface area (Å²) < 4.78 is 37.4. The van der Waals surface area contributed by atoms with Crippen LogP contribution in [0, 0.1) is 0 Å². The molecular weight excluding hydrogens is 301 g/mol. The van der Waals surface area contributed by atoms with Gasteiger partial charge in [-0.1, -0.05) is 19.3 Å². The maximum absolute atomic E-state index is 12.5. The Morgan fingerprint density at radius 1 is 1.36 bits per heavy atom. The van der Waals surface area contributed by atoms with E-state index in [9.17, 15) is 18.0 Å². The molecule has 0 aromatic carbocycles. The molecule has 1 aliphatic carbocycles. The summed E-state index contributed by atoms with van der Waals surface area (Å²) in [5.41, 5.74) is 5.18. The minimum Gasteiger partial charge on any atom is -0.365 e. The number of hydrogen-bond acceptors (Lipinski definition) is 5. The Morgan fingerprint density at radius 2 is 2.05 bits per heavy atom. The number of carbonyl (C=O) groups is 1. The lowest BCUT2D eigenvalue weighted by Crippen LogP contribution is -2.41. The zero-order valence-electron chi connectivity index (χ0n) is 11.8. The van der Waals surface area contributed by atoms with E-state index in [2.05, 4.69) is 9.97 Å². The summed E-state index contributed by atoms with van der Waals surface area (Å²) in [5.74, 6) is -0.828. The van der Waals surface area contributed by atoms with E-state index in [1.165, 1.54) is 6.20 Å². The first-order valence-corrected chi connectivity index (χ1v) is 6.97. The molecule has 1 aliphatic rings. The van der Waals surface area contributed by atoms with Crippen LogP contribution in [0.3, 0.4) is 0 Å². The number of amides is 1. The van der Waals surface area contributed by atoms with E-state index in [1.807, 2.05) is 0 Å². The first-order valence-electron chi connectivity index (χ1n) is 6.97. The van der Waals surface area contributed by atoms with Gasteiger partial charge in [-0.2, -0.15) is 13.2 Å². The molecule has 6 nitrogen and oxygen atoms in total. The number of halogens is 3. The lowest BCUT2D eigenvalue weighted by Gasteiger charge is -2.34. The van der Waals surface area contributed by atoms with Crippen molar-refractivity contribution >= 4 is 11.7 Å². The highest BCUT2D eigenvalue weighted by atomic mass is 19.4. The Balaban J connectivity index is 2.28. The van der Waals surface area contributed by atoms with Crippen LogP contribution >= 0.6 is 0 Å².